The summed E-state index contributed by atoms with van der Waals surface area (Å²) in [6.45, 7) is 2.87. The first-order chi connectivity index (χ1) is 7.83. The molecule has 1 N–H and O–H groups in total. The Morgan fingerprint density at radius 2 is 2.25 bits per heavy atom. The number of benzene rings is 1. The molecule has 2 aromatic rings. The number of terminal acetylenes is 1. The number of para-hydroxylation sites is 1. The summed E-state index contributed by atoms with van der Waals surface area (Å²) < 4.78 is 0. The fourth-order valence-electron chi connectivity index (χ4n) is 1.75. The van der Waals surface area contributed by atoms with Gasteiger partial charge in [-0.05, 0) is 18.6 Å². The van der Waals surface area contributed by atoms with Gasteiger partial charge in [-0.25, -0.2) is 0 Å². The molecule has 0 aliphatic carbocycles. The van der Waals surface area contributed by atoms with Gasteiger partial charge in [-0.3, -0.25) is 4.98 Å². The standard InChI is InChI=1S/C14H14N2/c1-3-4-9-15-13-8-10-16-14-11(2)6-5-7-12(13)14/h1,5-8,10H,4,9H2,2H3,(H,15,16). The number of hydrogen-bond acceptors (Lipinski definition) is 2. The smallest absolute Gasteiger partial charge is 0.0751 e. The molecule has 1 heterocycles. The van der Waals surface area contributed by atoms with Gasteiger partial charge in [0.25, 0.3) is 0 Å². The molecule has 0 saturated carbocycles. The maximum atomic E-state index is 5.23. The lowest BCUT2D eigenvalue weighted by molar-refractivity contribution is 1.10. The van der Waals surface area contributed by atoms with Crippen LogP contribution >= 0.6 is 0 Å². The molecule has 2 nitrogen and oxygen atoms in total. The summed E-state index contributed by atoms with van der Waals surface area (Å²) in [5.41, 5.74) is 3.34. The van der Waals surface area contributed by atoms with Gasteiger partial charge in [0.05, 0.1) is 5.52 Å². The highest BCUT2D eigenvalue weighted by molar-refractivity contribution is 5.92. The number of aryl methyl sites for hydroxylation is 1. The lowest BCUT2D eigenvalue weighted by Gasteiger charge is -2.09. The lowest BCUT2D eigenvalue weighted by Crippen LogP contribution is -2.01. The van der Waals surface area contributed by atoms with E-state index in [1.807, 2.05) is 18.3 Å². The maximum absolute atomic E-state index is 5.23. The van der Waals surface area contributed by atoms with Crippen LogP contribution in [0.2, 0.25) is 0 Å². The number of hydrogen-bond donors (Lipinski definition) is 1. The van der Waals surface area contributed by atoms with Crippen molar-refractivity contribution in [1.82, 2.24) is 4.98 Å². The third-order valence-corrected chi connectivity index (χ3v) is 2.56. The van der Waals surface area contributed by atoms with E-state index in [1.165, 1.54) is 5.56 Å². The second kappa shape index (κ2) is 4.67. The molecule has 0 saturated heterocycles. The van der Waals surface area contributed by atoms with Gasteiger partial charge in [0.15, 0.2) is 0 Å². The minimum absolute atomic E-state index is 0.732. The van der Waals surface area contributed by atoms with Crippen LogP contribution in [0, 0.1) is 19.3 Å². The summed E-state index contributed by atoms with van der Waals surface area (Å²) in [6.07, 6.45) is 7.79. The predicted octanol–water partition coefficient (Wildman–Crippen LogP) is 2.98. The monoisotopic (exact) mass is 210 g/mol. The summed E-state index contributed by atoms with van der Waals surface area (Å²) in [4.78, 5) is 4.39. The van der Waals surface area contributed by atoms with Crippen LogP contribution < -0.4 is 5.32 Å². The summed E-state index contributed by atoms with van der Waals surface area (Å²) in [6, 6.07) is 8.18. The molecule has 0 aliphatic heterocycles. The van der Waals surface area contributed by atoms with Crippen LogP contribution in [-0.4, -0.2) is 11.5 Å². The average Bonchev–Trinajstić information content (AvgIpc) is 2.31. The quantitative estimate of drug-likeness (QED) is 0.622. The first-order valence-electron chi connectivity index (χ1n) is 5.34. The number of nitrogens with zero attached hydrogens (tertiary/aromatic N) is 1. The number of fused-ring (bicyclic) bond motifs is 1. The second-order valence-electron chi connectivity index (χ2n) is 3.71. The summed E-state index contributed by atoms with van der Waals surface area (Å²) in [5.74, 6) is 2.62. The molecule has 0 fully saturated rings. The molecule has 0 aliphatic rings. The number of anilines is 1. The van der Waals surface area contributed by atoms with Gasteiger partial charge in [-0.1, -0.05) is 18.2 Å². The average molecular weight is 210 g/mol. The molecule has 2 rings (SSSR count). The molecule has 1 aromatic carbocycles. The van der Waals surface area contributed by atoms with E-state index in [1.54, 1.807) is 0 Å². The highest BCUT2D eigenvalue weighted by atomic mass is 14.9. The third-order valence-electron chi connectivity index (χ3n) is 2.56. The van der Waals surface area contributed by atoms with E-state index in [2.05, 4.69) is 35.3 Å². The zero-order valence-electron chi connectivity index (χ0n) is 9.33. The van der Waals surface area contributed by atoms with Gasteiger partial charge in [-0.2, -0.15) is 0 Å². The molecule has 0 atom stereocenters. The van der Waals surface area contributed by atoms with Gasteiger partial charge < -0.3 is 5.32 Å². The summed E-state index contributed by atoms with van der Waals surface area (Å²) in [5, 5.41) is 4.49. The fourth-order valence-corrected chi connectivity index (χ4v) is 1.75. The van der Waals surface area contributed by atoms with Crippen LogP contribution in [0.3, 0.4) is 0 Å². The van der Waals surface area contributed by atoms with E-state index < -0.39 is 0 Å². The van der Waals surface area contributed by atoms with Crippen molar-refractivity contribution in [3.05, 3.63) is 36.0 Å². The number of nitrogens with one attached hydrogen (secondary N) is 1. The largest absolute Gasteiger partial charge is 0.383 e. The molecule has 0 amide bonds. The topological polar surface area (TPSA) is 24.9 Å². The van der Waals surface area contributed by atoms with E-state index in [4.69, 9.17) is 6.42 Å². The Kier molecular flexibility index (Phi) is 3.07. The molecule has 1 aromatic heterocycles. The van der Waals surface area contributed by atoms with Crippen LogP contribution in [-0.2, 0) is 0 Å². The zero-order valence-corrected chi connectivity index (χ0v) is 9.33. The van der Waals surface area contributed by atoms with Crippen molar-refractivity contribution in [3.63, 3.8) is 0 Å². The van der Waals surface area contributed by atoms with Gasteiger partial charge in [-0.15, -0.1) is 12.3 Å². The lowest BCUT2D eigenvalue weighted by atomic mass is 10.1. The predicted molar refractivity (Wildman–Crippen MR) is 68.4 cm³/mol. The van der Waals surface area contributed by atoms with Gasteiger partial charge >= 0.3 is 0 Å². The molecule has 0 radical (unpaired) electrons. The Balaban J connectivity index is 2.39. The summed E-state index contributed by atoms with van der Waals surface area (Å²) >= 11 is 0. The third kappa shape index (κ3) is 1.99. The minimum atomic E-state index is 0.732. The highest BCUT2D eigenvalue weighted by Gasteiger charge is 2.02. The Morgan fingerprint density at radius 3 is 3.06 bits per heavy atom. The fraction of sp³-hybridized carbons (Fsp3) is 0.214. The van der Waals surface area contributed by atoms with Crippen molar-refractivity contribution in [2.45, 2.75) is 13.3 Å². The number of pyridine rings is 1. The van der Waals surface area contributed by atoms with Crippen molar-refractivity contribution < 1.29 is 0 Å². The van der Waals surface area contributed by atoms with E-state index in [-0.39, 0.29) is 0 Å². The minimum Gasteiger partial charge on any atom is -0.383 e. The van der Waals surface area contributed by atoms with Crippen molar-refractivity contribution in [2.24, 2.45) is 0 Å². The Hall–Kier alpha value is -2.01. The van der Waals surface area contributed by atoms with Gasteiger partial charge in [0, 0.05) is 30.2 Å². The van der Waals surface area contributed by atoms with Crippen molar-refractivity contribution in [1.29, 1.82) is 0 Å². The van der Waals surface area contributed by atoms with E-state index >= 15 is 0 Å². The summed E-state index contributed by atoms with van der Waals surface area (Å²) in [7, 11) is 0. The van der Waals surface area contributed by atoms with Crippen LogP contribution in [0.5, 0.6) is 0 Å². The molecule has 16 heavy (non-hydrogen) atoms. The molecule has 2 heteroatoms. The van der Waals surface area contributed by atoms with E-state index in [9.17, 15) is 0 Å². The molecule has 0 bridgehead atoms. The Labute approximate surface area is 95.7 Å². The van der Waals surface area contributed by atoms with E-state index in [0.717, 1.165) is 29.6 Å². The van der Waals surface area contributed by atoms with Crippen LogP contribution in [0.25, 0.3) is 10.9 Å². The SMILES string of the molecule is C#CCCNc1ccnc2c(C)cccc12. The van der Waals surface area contributed by atoms with Crippen LogP contribution in [0.15, 0.2) is 30.5 Å². The molecule has 80 valence electrons. The molecule has 0 spiro atoms. The number of aromatic nitrogens is 1. The van der Waals surface area contributed by atoms with Crippen LogP contribution in [0.1, 0.15) is 12.0 Å². The first kappa shape index (κ1) is 10.5. The zero-order chi connectivity index (χ0) is 11.4. The van der Waals surface area contributed by atoms with Crippen molar-refractivity contribution in [3.8, 4) is 12.3 Å². The van der Waals surface area contributed by atoms with Crippen molar-refractivity contribution in [2.75, 3.05) is 11.9 Å². The molecular formula is C14H14N2. The van der Waals surface area contributed by atoms with E-state index in [0.29, 0.717) is 0 Å². The van der Waals surface area contributed by atoms with Gasteiger partial charge in [0.1, 0.15) is 0 Å². The molecular weight excluding hydrogens is 196 g/mol. The first-order valence-corrected chi connectivity index (χ1v) is 5.34. The second-order valence-corrected chi connectivity index (χ2v) is 3.71. The Morgan fingerprint density at radius 1 is 1.38 bits per heavy atom. The Bertz CT molecular complexity index is 538. The normalized spacial score (nSPS) is 10.0. The maximum Gasteiger partial charge on any atom is 0.0751 e. The molecule has 0 unspecified atom stereocenters. The van der Waals surface area contributed by atoms with Crippen molar-refractivity contribution >= 4 is 16.6 Å². The number of rotatable bonds is 3. The highest BCUT2D eigenvalue weighted by Crippen LogP contribution is 2.23. The van der Waals surface area contributed by atoms with Crippen LogP contribution in [0.4, 0.5) is 5.69 Å². The van der Waals surface area contributed by atoms with Gasteiger partial charge in [0.2, 0.25) is 0 Å².